The maximum Gasteiger partial charge on any atom is 0.251 e. The first kappa shape index (κ1) is 25.7. The third-order valence-electron chi connectivity index (χ3n) is 4.79. The maximum absolute atomic E-state index is 11.8. The molecule has 0 aliphatic carbocycles. The van der Waals surface area contributed by atoms with Gasteiger partial charge in [-0.15, -0.1) is 24.0 Å². The number of nitrogens with one attached hydrogen (secondary N) is 3. The summed E-state index contributed by atoms with van der Waals surface area (Å²) in [5.41, 5.74) is 3.06. The molecule has 0 saturated carbocycles. The predicted octanol–water partition coefficient (Wildman–Crippen LogP) is 3.92. The Labute approximate surface area is 196 Å². The highest BCUT2D eigenvalue weighted by Gasteiger charge is 2.07. The molecule has 7 heteroatoms. The summed E-state index contributed by atoms with van der Waals surface area (Å²) < 4.78 is 5.21. The van der Waals surface area contributed by atoms with Gasteiger partial charge in [-0.25, -0.2) is 0 Å². The van der Waals surface area contributed by atoms with Crippen LogP contribution in [0.4, 0.5) is 0 Å². The van der Waals surface area contributed by atoms with Crippen LogP contribution in [-0.2, 0) is 6.54 Å². The Morgan fingerprint density at radius 3 is 2.27 bits per heavy atom. The second kappa shape index (κ2) is 13.8. The van der Waals surface area contributed by atoms with Crippen LogP contribution >= 0.6 is 24.0 Å². The van der Waals surface area contributed by atoms with Crippen molar-refractivity contribution in [3.8, 4) is 5.75 Å². The molecule has 0 heterocycles. The van der Waals surface area contributed by atoms with E-state index in [9.17, 15) is 4.79 Å². The van der Waals surface area contributed by atoms with Crippen molar-refractivity contribution in [3.05, 3.63) is 65.2 Å². The van der Waals surface area contributed by atoms with Crippen LogP contribution in [0.15, 0.2) is 53.5 Å². The molecular weight excluding hydrogens is 491 g/mol. The van der Waals surface area contributed by atoms with E-state index in [-0.39, 0.29) is 29.9 Å². The van der Waals surface area contributed by atoms with E-state index in [4.69, 9.17) is 4.74 Å². The molecule has 1 unspecified atom stereocenters. The largest absolute Gasteiger partial charge is 0.497 e. The Morgan fingerprint density at radius 2 is 1.70 bits per heavy atom. The van der Waals surface area contributed by atoms with Crippen LogP contribution in [0.2, 0.25) is 0 Å². The van der Waals surface area contributed by atoms with Gasteiger partial charge in [-0.2, -0.15) is 0 Å². The van der Waals surface area contributed by atoms with Crippen LogP contribution in [0.5, 0.6) is 5.75 Å². The van der Waals surface area contributed by atoms with Gasteiger partial charge < -0.3 is 20.7 Å². The number of aliphatic imine (C=N–C) groups is 1. The van der Waals surface area contributed by atoms with Gasteiger partial charge in [0.15, 0.2) is 5.96 Å². The molecule has 0 radical (unpaired) electrons. The number of rotatable bonds is 9. The molecule has 1 atom stereocenters. The molecule has 2 aromatic rings. The predicted molar refractivity (Wildman–Crippen MR) is 134 cm³/mol. The van der Waals surface area contributed by atoms with E-state index in [0.717, 1.165) is 30.2 Å². The van der Waals surface area contributed by atoms with E-state index >= 15 is 0 Å². The molecule has 0 aliphatic rings. The molecule has 2 rings (SSSR count). The standard InChI is InChI=1S/C23H32N4O2.HI/c1-5-25-22(28)20-8-6-18(7-9-20)16-27-23(24-3)26-15-14-17(2)19-10-12-21(29-4)13-11-19;/h6-13,17H,5,14-16H2,1-4H3,(H,25,28)(H2,24,26,27);1H. The monoisotopic (exact) mass is 524 g/mol. The third-order valence-corrected chi connectivity index (χ3v) is 4.79. The lowest BCUT2D eigenvalue weighted by Crippen LogP contribution is -2.37. The minimum atomic E-state index is -0.0459. The summed E-state index contributed by atoms with van der Waals surface area (Å²) >= 11 is 0. The Kier molecular flexibility index (Phi) is 11.9. The number of carbonyl (C=O) groups excluding carboxylic acids is 1. The number of carbonyl (C=O) groups is 1. The zero-order chi connectivity index (χ0) is 21.1. The number of methoxy groups -OCH3 is 1. The summed E-state index contributed by atoms with van der Waals surface area (Å²) in [5, 5.41) is 9.47. The number of amides is 1. The molecule has 0 fully saturated rings. The lowest BCUT2D eigenvalue weighted by Gasteiger charge is -2.15. The van der Waals surface area contributed by atoms with Crippen molar-refractivity contribution < 1.29 is 9.53 Å². The van der Waals surface area contributed by atoms with Crippen LogP contribution in [0.3, 0.4) is 0 Å². The summed E-state index contributed by atoms with van der Waals surface area (Å²) in [6.07, 6.45) is 0.994. The lowest BCUT2D eigenvalue weighted by molar-refractivity contribution is 0.0956. The topological polar surface area (TPSA) is 74.8 Å². The number of nitrogens with zero attached hydrogens (tertiary/aromatic N) is 1. The highest BCUT2D eigenvalue weighted by Crippen LogP contribution is 2.21. The molecule has 0 saturated heterocycles. The molecule has 0 bridgehead atoms. The molecule has 1 amide bonds. The van der Waals surface area contributed by atoms with Crippen molar-refractivity contribution in [2.45, 2.75) is 32.7 Å². The molecule has 0 aromatic heterocycles. The first-order chi connectivity index (χ1) is 14.1. The van der Waals surface area contributed by atoms with Crippen molar-refractivity contribution >= 4 is 35.8 Å². The summed E-state index contributed by atoms with van der Waals surface area (Å²) in [7, 11) is 3.44. The summed E-state index contributed by atoms with van der Waals surface area (Å²) in [6, 6.07) is 15.8. The van der Waals surface area contributed by atoms with Gasteiger partial charge in [0, 0.05) is 32.2 Å². The second-order valence-electron chi connectivity index (χ2n) is 6.87. The molecule has 164 valence electrons. The second-order valence-corrected chi connectivity index (χ2v) is 6.87. The number of hydrogen-bond acceptors (Lipinski definition) is 3. The van der Waals surface area contributed by atoms with E-state index in [0.29, 0.717) is 24.6 Å². The van der Waals surface area contributed by atoms with Crippen LogP contribution in [0, 0.1) is 0 Å². The van der Waals surface area contributed by atoms with Gasteiger partial charge in [0.25, 0.3) is 5.91 Å². The fourth-order valence-corrected chi connectivity index (χ4v) is 2.95. The third kappa shape index (κ3) is 8.22. The smallest absolute Gasteiger partial charge is 0.251 e. The molecule has 6 nitrogen and oxygen atoms in total. The first-order valence-electron chi connectivity index (χ1n) is 10.0. The molecule has 0 spiro atoms. The van der Waals surface area contributed by atoms with Crippen molar-refractivity contribution in [2.75, 3.05) is 27.2 Å². The van der Waals surface area contributed by atoms with Gasteiger partial charge >= 0.3 is 0 Å². The zero-order valence-electron chi connectivity index (χ0n) is 18.2. The van der Waals surface area contributed by atoms with E-state index in [2.05, 4.69) is 40.0 Å². The van der Waals surface area contributed by atoms with E-state index in [1.807, 2.05) is 43.3 Å². The highest BCUT2D eigenvalue weighted by molar-refractivity contribution is 14.0. The molecular formula is C23H33IN4O2. The van der Waals surface area contributed by atoms with Crippen molar-refractivity contribution in [1.29, 1.82) is 0 Å². The maximum atomic E-state index is 11.8. The highest BCUT2D eigenvalue weighted by atomic mass is 127. The van der Waals surface area contributed by atoms with Gasteiger partial charge in [-0.1, -0.05) is 31.2 Å². The van der Waals surface area contributed by atoms with E-state index in [1.54, 1.807) is 14.2 Å². The molecule has 3 N–H and O–H groups in total. The molecule has 2 aromatic carbocycles. The van der Waals surface area contributed by atoms with Gasteiger partial charge in [0.1, 0.15) is 5.75 Å². The molecule has 0 aliphatic heterocycles. The number of ether oxygens (including phenoxy) is 1. The molecule has 30 heavy (non-hydrogen) atoms. The average molecular weight is 524 g/mol. The van der Waals surface area contributed by atoms with Crippen molar-refractivity contribution in [1.82, 2.24) is 16.0 Å². The number of guanidine groups is 1. The quantitative estimate of drug-likeness (QED) is 0.264. The Balaban J connectivity index is 0.00000450. The fourth-order valence-electron chi connectivity index (χ4n) is 2.95. The van der Waals surface area contributed by atoms with Crippen LogP contribution in [0.25, 0.3) is 0 Å². The minimum absolute atomic E-state index is 0. The van der Waals surface area contributed by atoms with Gasteiger partial charge in [-0.05, 0) is 54.7 Å². The number of hydrogen-bond donors (Lipinski definition) is 3. The van der Waals surface area contributed by atoms with Gasteiger partial charge in [0.2, 0.25) is 0 Å². The van der Waals surface area contributed by atoms with Crippen molar-refractivity contribution in [3.63, 3.8) is 0 Å². The zero-order valence-corrected chi connectivity index (χ0v) is 20.5. The average Bonchev–Trinajstić information content (AvgIpc) is 2.76. The van der Waals surface area contributed by atoms with Crippen LogP contribution < -0.4 is 20.7 Å². The van der Waals surface area contributed by atoms with Crippen LogP contribution in [0.1, 0.15) is 47.7 Å². The van der Waals surface area contributed by atoms with Crippen LogP contribution in [-0.4, -0.2) is 39.1 Å². The normalized spacial score (nSPS) is 11.8. The number of halogens is 1. The van der Waals surface area contributed by atoms with E-state index in [1.165, 1.54) is 5.56 Å². The Morgan fingerprint density at radius 1 is 1.03 bits per heavy atom. The SMILES string of the molecule is CCNC(=O)c1ccc(CNC(=NC)NCCC(C)c2ccc(OC)cc2)cc1.I. The lowest BCUT2D eigenvalue weighted by atomic mass is 9.98. The van der Waals surface area contributed by atoms with Gasteiger partial charge in [-0.3, -0.25) is 9.79 Å². The minimum Gasteiger partial charge on any atom is -0.497 e. The Hall–Kier alpha value is -2.29. The first-order valence-corrected chi connectivity index (χ1v) is 10.0. The van der Waals surface area contributed by atoms with E-state index < -0.39 is 0 Å². The summed E-state index contributed by atoms with van der Waals surface area (Å²) in [5.74, 6) is 2.03. The summed E-state index contributed by atoms with van der Waals surface area (Å²) in [4.78, 5) is 16.1. The number of benzene rings is 2. The van der Waals surface area contributed by atoms with Gasteiger partial charge in [0.05, 0.1) is 7.11 Å². The summed E-state index contributed by atoms with van der Waals surface area (Å²) in [6.45, 7) is 6.22. The van der Waals surface area contributed by atoms with Crippen molar-refractivity contribution in [2.24, 2.45) is 4.99 Å². The Bertz CT molecular complexity index is 792. The fraction of sp³-hybridized carbons (Fsp3) is 0.391.